The van der Waals surface area contributed by atoms with Crippen LogP contribution in [-0.2, 0) is 9.59 Å². The lowest BCUT2D eigenvalue weighted by molar-refractivity contribution is -0.130. The Balaban J connectivity index is 1.48. The fourth-order valence-corrected chi connectivity index (χ4v) is 5.78. The zero-order chi connectivity index (χ0) is 28.6. The summed E-state index contributed by atoms with van der Waals surface area (Å²) in [5.74, 6) is -2.06. The van der Waals surface area contributed by atoms with Crippen molar-refractivity contribution in [3.63, 3.8) is 0 Å². The predicted octanol–water partition coefficient (Wildman–Crippen LogP) is 3.45. The number of rotatable bonds is 5. The third kappa shape index (κ3) is 4.63. The van der Waals surface area contributed by atoms with E-state index in [0.717, 1.165) is 4.90 Å². The lowest BCUT2D eigenvalue weighted by Crippen LogP contribution is -2.54. The smallest absolute Gasteiger partial charge is 0.332 e. The van der Waals surface area contributed by atoms with Gasteiger partial charge in [-0.1, -0.05) is 35.3 Å². The van der Waals surface area contributed by atoms with Crippen LogP contribution in [0.25, 0.3) is 0 Å². The summed E-state index contributed by atoms with van der Waals surface area (Å²) in [5.41, 5.74) is 0.161. The lowest BCUT2D eigenvalue weighted by Gasteiger charge is -2.33. The third-order valence-electron chi connectivity index (χ3n) is 7.29. The molecule has 3 aromatic rings. The van der Waals surface area contributed by atoms with Crippen molar-refractivity contribution in [1.29, 1.82) is 5.26 Å². The minimum atomic E-state index is -1.46. The highest BCUT2D eigenvalue weighted by Gasteiger charge is 2.65. The maximum atomic E-state index is 14.2. The van der Waals surface area contributed by atoms with Gasteiger partial charge in [0.05, 0.1) is 36.0 Å². The van der Waals surface area contributed by atoms with E-state index in [-0.39, 0.29) is 35.4 Å². The van der Waals surface area contributed by atoms with E-state index in [1.54, 1.807) is 36.4 Å². The molecule has 12 heteroatoms. The van der Waals surface area contributed by atoms with Gasteiger partial charge in [0, 0.05) is 41.9 Å². The van der Waals surface area contributed by atoms with Crippen molar-refractivity contribution < 1.29 is 19.2 Å². The molecule has 10 nitrogen and oxygen atoms in total. The van der Waals surface area contributed by atoms with E-state index in [1.807, 2.05) is 0 Å². The van der Waals surface area contributed by atoms with E-state index in [1.165, 1.54) is 47.4 Å². The fourth-order valence-electron chi connectivity index (χ4n) is 5.26. The number of nitriles is 1. The van der Waals surface area contributed by atoms with Crippen LogP contribution in [0.1, 0.15) is 27.4 Å². The second-order valence-electron chi connectivity index (χ2n) is 9.52. The van der Waals surface area contributed by atoms with Crippen molar-refractivity contribution in [3.05, 3.63) is 93.7 Å². The average molecular weight is 577 g/mol. The molecule has 5 amide bonds. The number of carbonyl (C=O) groups excluding carboxylic acids is 4. The van der Waals surface area contributed by atoms with Gasteiger partial charge in [-0.3, -0.25) is 19.4 Å². The van der Waals surface area contributed by atoms with Crippen LogP contribution in [0, 0.1) is 11.3 Å². The number of carbonyl (C=O) groups is 4. The van der Waals surface area contributed by atoms with E-state index in [0.29, 0.717) is 16.7 Å². The summed E-state index contributed by atoms with van der Waals surface area (Å²) in [5, 5.41) is 12.3. The van der Waals surface area contributed by atoms with Gasteiger partial charge in [-0.15, -0.1) is 0 Å². The highest BCUT2D eigenvalue weighted by Crippen LogP contribution is 2.46. The first-order valence-electron chi connectivity index (χ1n) is 12.2. The van der Waals surface area contributed by atoms with Gasteiger partial charge >= 0.3 is 6.03 Å². The number of nitrogens with zero attached hydrogens (tertiary/aromatic N) is 5. The molecule has 202 valence electrons. The van der Waals surface area contributed by atoms with Crippen LogP contribution in [0.2, 0.25) is 10.0 Å². The van der Waals surface area contributed by atoms with Gasteiger partial charge in [-0.2, -0.15) is 5.26 Å². The molecule has 1 aromatic heterocycles. The molecule has 0 aliphatic carbocycles. The monoisotopic (exact) mass is 576 g/mol. The normalized spacial score (nSPS) is 20.2. The van der Waals surface area contributed by atoms with Crippen molar-refractivity contribution in [1.82, 2.24) is 20.1 Å². The number of hydrogen-bond donors (Lipinski definition) is 1. The summed E-state index contributed by atoms with van der Waals surface area (Å²) >= 11 is 12.3. The molecule has 2 atom stereocenters. The number of likely N-dealkylation sites (tertiary alicyclic amines) is 1. The van der Waals surface area contributed by atoms with Crippen LogP contribution in [0.15, 0.2) is 67.0 Å². The minimum Gasteiger partial charge on any atom is -0.343 e. The van der Waals surface area contributed by atoms with Crippen LogP contribution in [0.4, 0.5) is 10.5 Å². The van der Waals surface area contributed by atoms with E-state index in [2.05, 4.69) is 16.4 Å². The Morgan fingerprint density at radius 1 is 1.12 bits per heavy atom. The number of pyridine rings is 1. The van der Waals surface area contributed by atoms with Crippen LogP contribution in [-0.4, -0.2) is 70.8 Å². The van der Waals surface area contributed by atoms with Crippen molar-refractivity contribution >= 4 is 52.6 Å². The van der Waals surface area contributed by atoms with Gasteiger partial charge in [-0.05, 0) is 48.0 Å². The summed E-state index contributed by atoms with van der Waals surface area (Å²) in [6.07, 6.45) is 2.92. The zero-order valence-electron chi connectivity index (χ0n) is 21.2. The summed E-state index contributed by atoms with van der Waals surface area (Å²) in [4.78, 5) is 61.3. The topological polar surface area (TPSA) is 127 Å². The van der Waals surface area contributed by atoms with E-state index in [9.17, 15) is 24.4 Å². The van der Waals surface area contributed by atoms with Gasteiger partial charge in [0.1, 0.15) is 5.54 Å². The van der Waals surface area contributed by atoms with Gasteiger partial charge in [0.2, 0.25) is 5.91 Å². The molecule has 1 spiro atoms. The second kappa shape index (κ2) is 10.6. The molecule has 0 bridgehead atoms. The highest BCUT2D eigenvalue weighted by atomic mass is 35.5. The van der Waals surface area contributed by atoms with Crippen LogP contribution in [0.5, 0.6) is 0 Å². The first-order valence-corrected chi connectivity index (χ1v) is 13.0. The van der Waals surface area contributed by atoms with E-state index >= 15 is 0 Å². The Bertz CT molecular complexity index is 1540. The second-order valence-corrected chi connectivity index (χ2v) is 10.4. The van der Waals surface area contributed by atoms with E-state index < -0.39 is 35.2 Å². The molecule has 0 saturated carbocycles. The minimum absolute atomic E-state index is 0.0982. The maximum absolute atomic E-state index is 14.2. The number of anilines is 1. The first kappa shape index (κ1) is 27.1. The Morgan fingerprint density at radius 2 is 1.82 bits per heavy atom. The molecule has 2 unspecified atom stereocenters. The van der Waals surface area contributed by atoms with Crippen molar-refractivity contribution in [2.75, 3.05) is 31.6 Å². The van der Waals surface area contributed by atoms with Crippen molar-refractivity contribution in [3.8, 4) is 6.07 Å². The van der Waals surface area contributed by atoms with Gasteiger partial charge in [-0.25, -0.2) is 9.69 Å². The molecule has 2 aliphatic rings. The molecule has 2 aromatic carbocycles. The predicted molar refractivity (Wildman–Crippen MR) is 147 cm³/mol. The number of hydrogen-bond acceptors (Lipinski definition) is 6. The molecule has 40 heavy (non-hydrogen) atoms. The number of benzene rings is 2. The standard InChI is InChI=1S/C28H22Cl2N6O4/c1-34-27(40)36(22-10-20(29)9-21(30)11-22)26(39)28(34)16-35(15-23(28)18-6-4-17(12-31)5-7-18)24(37)14-33-25(38)19-3-2-8-32-13-19/h2-11,13,23H,14-16H2,1H3,(H,33,38). The number of halogens is 2. The molecule has 0 radical (unpaired) electrons. The summed E-state index contributed by atoms with van der Waals surface area (Å²) in [6, 6.07) is 15.8. The molecular formula is C28H22Cl2N6O4. The number of likely N-dealkylation sites (N-methyl/N-ethyl adjacent to an activating group) is 1. The number of nitrogens with one attached hydrogen (secondary N) is 1. The van der Waals surface area contributed by atoms with Gasteiger partial charge < -0.3 is 15.1 Å². The van der Waals surface area contributed by atoms with Crippen molar-refractivity contribution in [2.24, 2.45) is 0 Å². The molecule has 1 N–H and O–H groups in total. The van der Waals surface area contributed by atoms with Gasteiger partial charge in [0.25, 0.3) is 11.8 Å². The Hall–Kier alpha value is -4.46. The summed E-state index contributed by atoms with van der Waals surface area (Å²) < 4.78 is 0. The molecule has 2 saturated heterocycles. The fraction of sp³-hybridized carbons (Fsp3) is 0.214. The van der Waals surface area contributed by atoms with Crippen LogP contribution in [0.3, 0.4) is 0 Å². The zero-order valence-corrected chi connectivity index (χ0v) is 22.7. The molecule has 2 fully saturated rings. The third-order valence-corrected chi connectivity index (χ3v) is 7.72. The molecule has 5 rings (SSSR count). The largest absolute Gasteiger partial charge is 0.343 e. The van der Waals surface area contributed by atoms with Crippen molar-refractivity contribution in [2.45, 2.75) is 11.5 Å². The Kier molecular flexibility index (Phi) is 7.19. The van der Waals surface area contributed by atoms with Gasteiger partial charge in [0.15, 0.2) is 0 Å². The molecule has 3 heterocycles. The molecular weight excluding hydrogens is 555 g/mol. The van der Waals surface area contributed by atoms with Crippen LogP contribution >= 0.6 is 23.2 Å². The first-order chi connectivity index (χ1) is 19.1. The lowest BCUT2D eigenvalue weighted by atomic mass is 9.80. The quantitative estimate of drug-likeness (QED) is 0.463. The average Bonchev–Trinajstić information content (AvgIpc) is 3.44. The number of aromatic nitrogens is 1. The summed E-state index contributed by atoms with van der Waals surface area (Å²) in [7, 11) is 1.52. The number of amides is 5. The van der Waals surface area contributed by atoms with E-state index in [4.69, 9.17) is 23.2 Å². The maximum Gasteiger partial charge on any atom is 0.332 e. The summed E-state index contributed by atoms with van der Waals surface area (Å²) in [6.45, 7) is -0.324. The van der Waals surface area contributed by atoms with Crippen LogP contribution < -0.4 is 10.2 Å². The highest BCUT2D eigenvalue weighted by molar-refractivity contribution is 6.36. The molecule has 2 aliphatic heterocycles. The number of imide groups is 1. The Morgan fingerprint density at radius 3 is 2.45 bits per heavy atom. The number of urea groups is 1. The Labute approximate surface area is 239 Å². The SMILES string of the molecule is CN1C(=O)N(c2cc(Cl)cc(Cl)c2)C(=O)C12CN(C(=O)CNC(=O)c1cccnc1)CC2c1ccc(C#N)cc1.